The summed E-state index contributed by atoms with van der Waals surface area (Å²) >= 11 is 0. The van der Waals surface area contributed by atoms with Gasteiger partial charge in [0.2, 0.25) is 0 Å². The number of hydrogen-bond donors (Lipinski definition) is 2. The van der Waals surface area contributed by atoms with Gasteiger partial charge in [-0.25, -0.2) is 4.79 Å². The number of nitrogens with two attached hydrogens (primary N) is 1. The molecule has 8 nitrogen and oxygen atoms in total. The first-order valence-electron chi connectivity index (χ1n) is 12.3. The van der Waals surface area contributed by atoms with E-state index in [1.54, 1.807) is 12.1 Å². The van der Waals surface area contributed by atoms with Gasteiger partial charge in [-0.1, -0.05) is 60.7 Å². The molecule has 1 aliphatic rings. The Bertz CT molecular complexity index is 1510. The summed E-state index contributed by atoms with van der Waals surface area (Å²) in [7, 11) is 0. The number of H-pyrrole nitrogens is 1. The molecule has 8 heteroatoms. The van der Waals surface area contributed by atoms with E-state index in [0.717, 1.165) is 29.9 Å². The van der Waals surface area contributed by atoms with E-state index in [1.807, 2.05) is 60.7 Å². The highest BCUT2D eigenvalue weighted by Gasteiger charge is 2.31. The van der Waals surface area contributed by atoms with Gasteiger partial charge in [0.25, 0.3) is 5.56 Å². The number of nitriles is 1. The average molecular weight is 493 g/mol. The molecule has 1 aromatic heterocycles. The van der Waals surface area contributed by atoms with Gasteiger partial charge >= 0.3 is 5.69 Å². The minimum atomic E-state index is -0.539. The van der Waals surface area contributed by atoms with E-state index < -0.39 is 17.3 Å². The zero-order chi connectivity index (χ0) is 25.8. The third-order valence-electron chi connectivity index (χ3n) is 6.89. The van der Waals surface area contributed by atoms with Gasteiger partial charge in [-0.2, -0.15) is 5.26 Å². The second-order valence-electron chi connectivity index (χ2n) is 9.12. The number of rotatable bonds is 6. The molecule has 0 aliphatic carbocycles. The molecule has 1 atom stereocenters. The van der Waals surface area contributed by atoms with E-state index in [-0.39, 0.29) is 12.4 Å². The fourth-order valence-corrected chi connectivity index (χ4v) is 4.97. The monoisotopic (exact) mass is 492 g/mol. The van der Waals surface area contributed by atoms with Crippen LogP contribution in [0.5, 0.6) is 0 Å². The minimum absolute atomic E-state index is 0.150. The van der Waals surface area contributed by atoms with Gasteiger partial charge in [-0.05, 0) is 35.4 Å². The number of hydrogen-bond acceptors (Lipinski definition) is 6. The molecule has 37 heavy (non-hydrogen) atoms. The van der Waals surface area contributed by atoms with Gasteiger partial charge in [0.15, 0.2) is 0 Å². The second-order valence-corrected chi connectivity index (χ2v) is 9.12. The summed E-state index contributed by atoms with van der Waals surface area (Å²) < 4.78 is 1.42. The first-order valence-corrected chi connectivity index (χ1v) is 12.3. The van der Waals surface area contributed by atoms with Crippen molar-refractivity contribution < 1.29 is 0 Å². The van der Waals surface area contributed by atoms with Crippen molar-refractivity contribution in [3.63, 3.8) is 0 Å². The topological polar surface area (TPSA) is 111 Å². The highest BCUT2D eigenvalue weighted by atomic mass is 16.2. The lowest BCUT2D eigenvalue weighted by atomic mass is 9.96. The molecule has 1 aliphatic heterocycles. The smallest absolute Gasteiger partial charge is 0.330 e. The highest BCUT2D eigenvalue weighted by molar-refractivity contribution is 5.49. The van der Waals surface area contributed by atoms with Crippen LogP contribution < -0.4 is 21.9 Å². The standard InChI is InChI=1S/C29H28N6O2/c30-19-21-11-13-23(14-12-21)26(34-17-15-33(16-18-34)24-9-5-2-6-10-24)25-27(31)35(29(37)32-28(25)36)20-22-7-3-1-4-8-22/h1-14,26H,15-18,20,31H2,(H,32,36,37). The summed E-state index contributed by atoms with van der Waals surface area (Å²) in [6.45, 7) is 3.18. The summed E-state index contributed by atoms with van der Waals surface area (Å²) in [6.07, 6.45) is 0. The van der Waals surface area contributed by atoms with Crippen molar-refractivity contribution in [3.8, 4) is 6.07 Å². The van der Waals surface area contributed by atoms with Crippen LogP contribution in [0.4, 0.5) is 11.5 Å². The fourth-order valence-electron chi connectivity index (χ4n) is 4.97. The van der Waals surface area contributed by atoms with Crippen LogP contribution in [-0.2, 0) is 6.54 Å². The Morgan fingerprint density at radius 1 is 0.865 bits per heavy atom. The summed E-state index contributed by atoms with van der Waals surface area (Å²) in [5.74, 6) is 0.150. The van der Waals surface area contributed by atoms with Gasteiger partial charge in [0.05, 0.1) is 29.8 Å². The SMILES string of the molecule is N#Cc1ccc(C(c2c(N)n(Cc3ccccc3)c(=O)[nH]c2=O)N2CCN(c3ccccc3)CC2)cc1. The summed E-state index contributed by atoms with van der Waals surface area (Å²) in [6, 6.07) is 28.6. The van der Waals surface area contributed by atoms with Crippen molar-refractivity contribution in [1.82, 2.24) is 14.5 Å². The Hall–Kier alpha value is -4.61. The number of nitrogens with one attached hydrogen (secondary N) is 1. The quantitative estimate of drug-likeness (QED) is 0.428. The highest BCUT2D eigenvalue weighted by Crippen LogP contribution is 2.31. The van der Waals surface area contributed by atoms with Crippen LogP contribution in [0.25, 0.3) is 0 Å². The van der Waals surface area contributed by atoms with Crippen molar-refractivity contribution in [3.05, 3.63) is 128 Å². The van der Waals surface area contributed by atoms with E-state index in [9.17, 15) is 14.9 Å². The third kappa shape index (κ3) is 5.03. The van der Waals surface area contributed by atoms with Gasteiger partial charge in [-0.3, -0.25) is 19.2 Å². The predicted molar refractivity (Wildman–Crippen MR) is 145 cm³/mol. The zero-order valence-electron chi connectivity index (χ0n) is 20.4. The Labute approximate surface area is 214 Å². The molecule has 1 saturated heterocycles. The average Bonchev–Trinajstić information content (AvgIpc) is 2.94. The second kappa shape index (κ2) is 10.6. The van der Waals surface area contributed by atoms with Gasteiger partial charge in [0.1, 0.15) is 5.82 Å². The van der Waals surface area contributed by atoms with Crippen LogP contribution in [0.2, 0.25) is 0 Å². The van der Waals surface area contributed by atoms with Gasteiger partial charge < -0.3 is 10.6 Å². The van der Waals surface area contributed by atoms with Crippen LogP contribution in [0, 0.1) is 11.3 Å². The Balaban J connectivity index is 1.55. The number of aromatic nitrogens is 2. The maximum atomic E-state index is 13.3. The molecule has 0 saturated carbocycles. The van der Waals surface area contributed by atoms with Crippen molar-refractivity contribution in [1.29, 1.82) is 5.26 Å². The van der Waals surface area contributed by atoms with Crippen molar-refractivity contribution >= 4 is 11.5 Å². The molecule has 0 spiro atoms. The van der Waals surface area contributed by atoms with Crippen LogP contribution in [0.1, 0.15) is 28.3 Å². The first-order chi connectivity index (χ1) is 18.0. The van der Waals surface area contributed by atoms with Crippen LogP contribution in [0.15, 0.2) is 94.5 Å². The third-order valence-corrected chi connectivity index (χ3v) is 6.89. The molecule has 3 N–H and O–H groups in total. The van der Waals surface area contributed by atoms with Crippen molar-refractivity contribution in [2.45, 2.75) is 12.6 Å². The molecule has 186 valence electrons. The molecule has 2 heterocycles. The molecular formula is C29H28N6O2. The Morgan fingerprint density at radius 2 is 1.49 bits per heavy atom. The number of anilines is 2. The van der Waals surface area contributed by atoms with E-state index in [2.05, 4.69) is 33.0 Å². The summed E-state index contributed by atoms with van der Waals surface area (Å²) in [5.41, 5.74) is 9.35. The molecule has 4 aromatic rings. The lowest BCUT2D eigenvalue weighted by Crippen LogP contribution is -2.49. The molecule has 3 aromatic carbocycles. The number of nitrogen functional groups attached to an aromatic ring is 1. The van der Waals surface area contributed by atoms with E-state index >= 15 is 0 Å². The maximum absolute atomic E-state index is 13.3. The molecule has 5 rings (SSSR count). The lowest BCUT2D eigenvalue weighted by Gasteiger charge is -2.40. The molecule has 1 fully saturated rings. The van der Waals surface area contributed by atoms with E-state index in [4.69, 9.17) is 5.73 Å². The molecule has 1 unspecified atom stereocenters. The van der Waals surface area contributed by atoms with Crippen LogP contribution in [0.3, 0.4) is 0 Å². The zero-order valence-corrected chi connectivity index (χ0v) is 20.4. The summed E-state index contributed by atoms with van der Waals surface area (Å²) in [4.78, 5) is 33.1. The van der Waals surface area contributed by atoms with E-state index in [1.165, 1.54) is 4.57 Å². The van der Waals surface area contributed by atoms with Gasteiger partial charge in [-0.15, -0.1) is 0 Å². The number of benzene rings is 3. The van der Waals surface area contributed by atoms with Gasteiger partial charge in [0, 0.05) is 31.9 Å². The van der Waals surface area contributed by atoms with Crippen molar-refractivity contribution in [2.75, 3.05) is 36.8 Å². The van der Waals surface area contributed by atoms with E-state index in [0.29, 0.717) is 24.2 Å². The van der Waals surface area contributed by atoms with Crippen molar-refractivity contribution in [2.24, 2.45) is 0 Å². The van der Waals surface area contributed by atoms with Crippen LogP contribution in [-0.4, -0.2) is 40.6 Å². The largest absolute Gasteiger partial charge is 0.385 e. The maximum Gasteiger partial charge on any atom is 0.330 e. The minimum Gasteiger partial charge on any atom is -0.385 e. The molecule has 0 radical (unpaired) electrons. The fraction of sp³-hybridized carbons (Fsp3) is 0.207. The number of para-hydroxylation sites is 1. The lowest BCUT2D eigenvalue weighted by molar-refractivity contribution is 0.211. The normalized spacial score (nSPS) is 14.7. The molecular weight excluding hydrogens is 464 g/mol. The summed E-state index contributed by atoms with van der Waals surface area (Å²) in [5, 5.41) is 9.29. The Morgan fingerprint density at radius 3 is 2.11 bits per heavy atom. The number of piperazine rings is 1. The first kappa shape index (κ1) is 24.1. The number of aromatic amines is 1. The molecule has 0 bridgehead atoms. The Kier molecular flexibility index (Phi) is 6.88. The predicted octanol–water partition coefficient (Wildman–Crippen LogP) is 2.95. The van der Waals surface area contributed by atoms with Crippen LogP contribution >= 0.6 is 0 Å². The molecule has 0 amide bonds. The number of nitrogens with zero attached hydrogens (tertiary/aromatic N) is 4.